The van der Waals surface area contributed by atoms with Crippen molar-refractivity contribution in [1.82, 2.24) is 4.98 Å². The number of hydrogen-bond acceptors (Lipinski definition) is 3. The van der Waals surface area contributed by atoms with E-state index in [0.29, 0.717) is 12.2 Å². The number of rotatable bonds is 3. The van der Waals surface area contributed by atoms with Crippen molar-refractivity contribution in [1.29, 1.82) is 0 Å². The smallest absolute Gasteiger partial charge is 0.265 e. The van der Waals surface area contributed by atoms with E-state index in [9.17, 15) is 8.42 Å². The average Bonchev–Trinajstić information content (AvgIpc) is 2.96. The molecule has 1 aromatic carbocycles. The Morgan fingerprint density at radius 2 is 2.14 bits per heavy atom. The van der Waals surface area contributed by atoms with Crippen LogP contribution in [0.5, 0.6) is 0 Å². The minimum Gasteiger partial charge on any atom is -0.390 e. The van der Waals surface area contributed by atoms with Gasteiger partial charge in [-0.05, 0) is 37.5 Å². The van der Waals surface area contributed by atoms with Crippen LogP contribution < -0.4 is 4.31 Å². The molecule has 0 atom stereocenters. The van der Waals surface area contributed by atoms with Gasteiger partial charge in [-0.3, -0.25) is 4.31 Å². The molecule has 1 aromatic heterocycles. The highest BCUT2D eigenvalue weighted by molar-refractivity contribution is 7.92. The van der Waals surface area contributed by atoms with Crippen LogP contribution in [0.4, 0.5) is 5.69 Å². The van der Waals surface area contributed by atoms with Crippen LogP contribution in [0, 0.1) is 6.92 Å². The molecule has 2 N–H and O–H groups in total. The standard InChI is InChI=1S/C15H18N2O3S/c1-11-4-5-15-12(7-11)3-2-6-17(15)21(19,20)14-8-13(10-18)16-9-14/h4-5,7-9,16,18H,2-3,6,10H2,1H3. The summed E-state index contributed by atoms with van der Waals surface area (Å²) in [5.74, 6) is 0. The number of sulfonamides is 1. The summed E-state index contributed by atoms with van der Waals surface area (Å²) < 4.78 is 27.0. The Morgan fingerprint density at radius 3 is 2.86 bits per heavy atom. The lowest BCUT2D eigenvalue weighted by molar-refractivity contribution is 0.277. The molecule has 3 rings (SSSR count). The Kier molecular flexibility index (Phi) is 3.51. The van der Waals surface area contributed by atoms with E-state index < -0.39 is 10.0 Å². The van der Waals surface area contributed by atoms with Gasteiger partial charge in [-0.25, -0.2) is 8.42 Å². The van der Waals surface area contributed by atoms with Crippen molar-refractivity contribution in [3.8, 4) is 0 Å². The van der Waals surface area contributed by atoms with E-state index in [1.807, 2.05) is 25.1 Å². The SMILES string of the molecule is Cc1ccc2c(c1)CCCN2S(=O)(=O)c1c[nH]c(CO)c1. The van der Waals surface area contributed by atoms with Crippen LogP contribution in [0.1, 0.15) is 23.2 Å². The Balaban J connectivity index is 2.05. The number of aliphatic hydroxyl groups excluding tert-OH is 1. The summed E-state index contributed by atoms with van der Waals surface area (Å²) >= 11 is 0. The molecule has 2 heterocycles. The van der Waals surface area contributed by atoms with E-state index in [-0.39, 0.29) is 11.5 Å². The first-order valence-electron chi connectivity index (χ1n) is 6.93. The van der Waals surface area contributed by atoms with E-state index in [0.717, 1.165) is 29.7 Å². The maximum atomic E-state index is 12.8. The summed E-state index contributed by atoms with van der Waals surface area (Å²) in [5, 5.41) is 9.08. The van der Waals surface area contributed by atoms with Gasteiger partial charge in [-0.15, -0.1) is 0 Å². The van der Waals surface area contributed by atoms with Crippen molar-refractivity contribution < 1.29 is 13.5 Å². The zero-order chi connectivity index (χ0) is 15.0. The quantitative estimate of drug-likeness (QED) is 0.910. The molecule has 0 aliphatic carbocycles. The fourth-order valence-electron chi connectivity index (χ4n) is 2.73. The van der Waals surface area contributed by atoms with Crippen LogP contribution in [0.3, 0.4) is 0 Å². The molecular formula is C15H18N2O3S. The number of aromatic nitrogens is 1. The molecule has 2 aromatic rings. The second-order valence-corrected chi connectivity index (χ2v) is 7.19. The number of nitrogens with zero attached hydrogens (tertiary/aromatic N) is 1. The molecule has 0 saturated heterocycles. The highest BCUT2D eigenvalue weighted by Crippen LogP contribution is 2.32. The van der Waals surface area contributed by atoms with Gasteiger partial charge in [0.1, 0.15) is 4.90 Å². The fourth-order valence-corrected chi connectivity index (χ4v) is 4.29. The molecule has 0 spiro atoms. The van der Waals surface area contributed by atoms with E-state index in [1.54, 1.807) is 0 Å². The van der Waals surface area contributed by atoms with Crippen LogP contribution in [-0.4, -0.2) is 25.1 Å². The van der Waals surface area contributed by atoms with Crippen molar-refractivity contribution in [2.45, 2.75) is 31.3 Å². The number of anilines is 1. The van der Waals surface area contributed by atoms with Gasteiger partial charge >= 0.3 is 0 Å². The highest BCUT2D eigenvalue weighted by Gasteiger charge is 2.29. The predicted octanol–water partition coefficient (Wildman–Crippen LogP) is 1.96. The Labute approximate surface area is 124 Å². The minimum absolute atomic E-state index is 0.194. The van der Waals surface area contributed by atoms with Crippen molar-refractivity contribution in [2.75, 3.05) is 10.8 Å². The number of aromatic amines is 1. The normalized spacial score (nSPS) is 15.0. The van der Waals surface area contributed by atoms with E-state index >= 15 is 0 Å². The summed E-state index contributed by atoms with van der Waals surface area (Å²) in [4.78, 5) is 2.97. The minimum atomic E-state index is -3.59. The third-order valence-electron chi connectivity index (χ3n) is 3.79. The number of aryl methyl sites for hydroxylation is 2. The van der Waals surface area contributed by atoms with Gasteiger partial charge < -0.3 is 10.1 Å². The molecule has 112 valence electrons. The lowest BCUT2D eigenvalue weighted by Gasteiger charge is -2.30. The molecule has 1 aliphatic rings. The van der Waals surface area contributed by atoms with Gasteiger partial charge in [0, 0.05) is 18.4 Å². The van der Waals surface area contributed by atoms with E-state index in [1.165, 1.54) is 16.6 Å². The second kappa shape index (κ2) is 5.20. The second-order valence-electron chi connectivity index (χ2n) is 5.33. The molecule has 0 saturated carbocycles. The zero-order valence-corrected chi connectivity index (χ0v) is 12.7. The number of H-pyrrole nitrogens is 1. The number of benzene rings is 1. The first-order chi connectivity index (χ1) is 10.0. The maximum Gasteiger partial charge on any atom is 0.265 e. The van der Waals surface area contributed by atoms with Crippen molar-refractivity contribution >= 4 is 15.7 Å². The third-order valence-corrected chi connectivity index (χ3v) is 5.58. The van der Waals surface area contributed by atoms with Crippen molar-refractivity contribution in [3.05, 3.63) is 47.3 Å². The van der Waals surface area contributed by atoms with Gasteiger partial charge in [0.25, 0.3) is 10.0 Å². The molecule has 0 bridgehead atoms. The summed E-state index contributed by atoms with van der Waals surface area (Å²) in [6, 6.07) is 7.34. The summed E-state index contributed by atoms with van der Waals surface area (Å²) in [6.45, 7) is 2.29. The van der Waals surface area contributed by atoms with Crippen LogP contribution in [0.25, 0.3) is 0 Å². The third kappa shape index (κ3) is 2.45. The Bertz CT molecular complexity index is 765. The van der Waals surface area contributed by atoms with Crippen LogP contribution in [0.2, 0.25) is 0 Å². The van der Waals surface area contributed by atoms with Crippen LogP contribution >= 0.6 is 0 Å². The first kappa shape index (κ1) is 14.2. The number of fused-ring (bicyclic) bond motifs is 1. The van der Waals surface area contributed by atoms with Crippen molar-refractivity contribution in [2.24, 2.45) is 0 Å². The van der Waals surface area contributed by atoms with Gasteiger partial charge in [0.05, 0.1) is 12.3 Å². The zero-order valence-electron chi connectivity index (χ0n) is 11.8. The van der Waals surface area contributed by atoms with E-state index in [2.05, 4.69) is 4.98 Å². The lowest BCUT2D eigenvalue weighted by atomic mass is 10.0. The molecule has 0 unspecified atom stereocenters. The monoisotopic (exact) mass is 306 g/mol. The predicted molar refractivity (Wildman–Crippen MR) is 80.7 cm³/mol. The molecule has 5 nitrogen and oxygen atoms in total. The molecule has 6 heteroatoms. The molecule has 21 heavy (non-hydrogen) atoms. The summed E-state index contributed by atoms with van der Waals surface area (Å²) in [6.07, 6.45) is 3.15. The maximum absolute atomic E-state index is 12.8. The Morgan fingerprint density at radius 1 is 1.33 bits per heavy atom. The fraction of sp³-hybridized carbons (Fsp3) is 0.333. The summed E-state index contributed by atoms with van der Waals surface area (Å²) in [7, 11) is -3.59. The number of nitrogens with one attached hydrogen (secondary N) is 1. The van der Waals surface area contributed by atoms with Crippen LogP contribution in [0.15, 0.2) is 35.4 Å². The van der Waals surface area contributed by atoms with Gasteiger partial charge in [-0.2, -0.15) is 0 Å². The number of hydrogen-bond donors (Lipinski definition) is 2. The van der Waals surface area contributed by atoms with Gasteiger partial charge in [0.2, 0.25) is 0 Å². The Hall–Kier alpha value is -1.79. The molecule has 1 aliphatic heterocycles. The first-order valence-corrected chi connectivity index (χ1v) is 8.37. The molecule has 0 fully saturated rings. The average molecular weight is 306 g/mol. The van der Waals surface area contributed by atoms with E-state index in [4.69, 9.17) is 5.11 Å². The highest BCUT2D eigenvalue weighted by atomic mass is 32.2. The van der Waals surface area contributed by atoms with Gasteiger partial charge in [-0.1, -0.05) is 17.7 Å². The van der Waals surface area contributed by atoms with Crippen molar-refractivity contribution in [3.63, 3.8) is 0 Å². The largest absolute Gasteiger partial charge is 0.390 e. The molecular weight excluding hydrogens is 288 g/mol. The number of aliphatic hydroxyl groups is 1. The summed E-state index contributed by atoms with van der Waals surface area (Å²) in [5.41, 5.74) is 3.47. The molecule has 0 radical (unpaired) electrons. The van der Waals surface area contributed by atoms with Gasteiger partial charge in [0.15, 0.2) is 0 Å². The lowest BCUT2D eigenvalue weighted by Crippen LogP contribution is -2.35. The topological polar surface area (TPSA) is 73.4 Å². The van der Waals surface area contributed by atoms with Crippen LogP contribution in [-0.2, 0) is 23.1 Å². The molecule has 0 amide bonds.